The van der Waals surface area contributed by atoms with Gasteiger partial charge in [0.25, 0.3) is 0 Å². The molecule has 15 nitrogen and oxygen atoms in total. The number of hydrogen-bond acceptors (Lipinski definition) is 10. The minimum absolute atomic E-state index is 0.0568. The minimum Gasteiger partial charge on any atom is -0.433 e. The number of carbonyl (C=O) groups is 4. The number of unbranched alkanes of at least 4 members (excludes halogenated alkanes) is 1. The summed E-state index contributed by atoms with van der Waals surface area (Å²) in [5.74, 6) is 1.30. The maximum atomic E-state index is 13.1. The standard InChI is InChI=1S/C32H48N6O9/c1-5-7-14-37-18-19-38(26-37)16-10-12-34-27(40)31(3,21-39)22-45-30(43)47-24-32(4,23-46-29(42)44-20-8-6-2)28(41)35-11-9-15-36-17-13-33-25-36/h2,13,17-19,25-26,39H,5,7-12,14-16,20-24H2,1,3-4H3,(H-,34,35,40,41)/p+1. The molecule has 0 radical (unpaired) electrons. The van der Waals surface area contributed by atoms with Gasteiger partial charge in [0.2, 0.25) is 18.1 Å². The smallest absolute Gasteiger partial charge is 0.433 e. The van der Waals surface area contributed by atoms with E-state index in [0.717, 1.165) is 19.4 Å². The van der Waals surface area contributed by atoms with Crippen LogP contribution in [0, 0.1) is 23.2 Å². The van der Waals surface area contributed by atoms with Crippen molar-refractivity contribution in [3.63, 3.8) is 0 Å². The number of terminal acetylenes is 1. The number of nitrogens with zero attached hydrogens (tertiary/aromatic N) is 4. The number of carbonyl (C=O) groups excluding carboxylic acids is 4. The van der Waals surface area contributed by atoms with Gasteiger partial charge in [0.05, 0.1) is 26.0 Å². The summed E-state index contributed by atoms with van der Waals surface area (Å²) >= 11 is 0. The van der Waals surface area contributed by atoms with Crippen molar-refractivity contribution in [1.29, 1.82) is 0 Å². The molecule has 15 heteroatoms. The Morgan fingerprint density at radius 2 is 1.49 bits per heavy atom. The maximum Gasteiger partial charge on any atom is 0.508 e. The molecule has 0 bridgehead atoms. The van der Waals surface area contributed by atoms with E-state index in [1.807, 2.05) is 27.9 Å². The van der Waals surface area contributed by atoms with Crippen LogP contribution in [0.4, 0.5) is 9.59 Å². The average molecular weight is 662 g/mol. The number of rotatable bonds is 22. The number of nitrogens with one attached hydrogen (secondary N) is 2. The van der Waals surface area contributed by atoms with E-state index in [4.69, 9.17) is 25.4 Å². The number of aryl methyl sites for hydroxylation is 3. The van der Waals surface area contributed by atoms with Gasteiger partial charge in [-0.25, -0.2) is 23.7 Å². The van der Waals surface area contributed by atoms with Crippen molar-refractivity contribution in [2.24, 2.45) is 10.8 Å². The van der Waals surface area contributed by atoms with Crippen molar-refractivity contribution < 1.29 is 47.8 Å². The number of aliphatic hydroxyl groups excluding tert-OH is 1. The predicted octanol–water partition coefficient (Wildman–Crippen LogP) is 1.82. The zero-order chi connectivity index (χ0) is 34.5. The second-order valence-corrected chi connectivity index (χ2v) is 11.7. The Morgan fingerprint density at radius 1 is 0.894 bits per heavy atom. The van der Waals surface area contributed by atoms with Gasteiger partial charge < -0.3 is 39.3 Å². The van der Waals surface area contributed by atoms with E-state index in [1.165, 1.54) is 13.8 Å². The van der Waals surface area contributed by atoms with E-state index in [1.54, 1.807) is 18.7 Å². The second-order valence-electron chi connectivity index (χ2n) is 11.7. The minimum atomic E-state index is -1.51. The Morgan fingerprint density at radius 3 is 2.06 bits per heavy atom. The van der Waals surface area contributed by atoms with Gasteiger partial charge in [-0.15, -0.1) is 12.3 Å². The summed E-state index contributed by atoms with van der Waals surface area (Å²) in [6.07, 6.45) is 17.7. The molecular weight excluding hydrogens is 612 g/mol. The second kappa shape index (κ2) is 20.5. The van der Waals surface area contributed by atoms with Crippen molar-refractivity contribution in [3.05, 3.63) is 37.4 Å². The lowest BCUT2D eigenvalue weighted by molar-refractivity contribution is -0.696. The molecule has 47 heavy (non-hydrogen) atoms. The Balaban J connectivity index is 1.85. The maximum absolute atomic E-state index is 13.1. The van der Waals surface area contributed by atoms with Gasteiger partial charge in [-0.2, -0.15) is 0 Å². The molecule has 2 heterocycles. The summed E-state index contributed by atoms with van der Waals surface area (Å²) in [6, 6.07) is 0. The predicted molar refractivity (Wildman–Crippen MR) is 168 cm³/mol. The molecule has 2 atom stereocenters. The fraction of sp³-hybridized carbons (Fsp3) is 0.625. The highest BCUT2D eigenvalue weighted by Gasteiger charge is 2.38. The molecule has 2 unspecified atom stereocenters. The number of ether oxygens (including phenoxy) is 4. The van der Waals surface area contributed by atoms with Crippen LogP contribution in [-0.2, 0) is 48.2 Å². The third kappa shape index (κ3) is 14.2. The first-order valence-corrected chi connectivity index (χ1v) is 15.8. The average Bonchev–Trinajstić information content (AvgIpc) is 3.77. The topological polar surface area (TPSA) is 176 Å². The normalized spacial score (nSPS) is 13.3. The molecule has 2 amide bonds. The van der Waals surface area contributed by atoms with Crippen LogP contribution in [0.3, 0.4) is 0 Å². The summed E-state index contributed by atoms with van der Waals surface area (Å²) in [5, 5.41) is 15.5. The van der Waals surface area contributed by atoms with E-state index in [0.29, 0.717) is 32.5 Å². The van der Waals surface area contributed by atoms with E-state index in [9.17, 15) is 24.3 Å². The van der Waals surface area contributed by atoms with Gasteiger partial charge in [0.1, 0.15) is 49.7 Å². The SMILES string of the molecule is C#CCCOC(=O)OCC(C)(COC(=O)OCC(C)(CO)C(=O)NCCCn1cc[n+](CCCC)c1)C(=O)NCCCn1ccnc1. The Kier molecular flexibility index (Phi) is 16.9. The first-order valence-electron chi connectivity index (χ1n) is 15.8. The lowest BCUT2D eigenvalue weighted by Crippen LogP contribution is -2.47. The number of amides is 2. The molecule has 0 saturated heterocycles. The molecule has 2 aromatic rings. The zero-order valence-corrected chi connectivity index (χ0v) is 27.7. The van der Waals surface area contributed by atoms with Crippen molar-refractivity contribution in [2.45, 2.75) is 72.5 Å². The summed E-state index contributed by atoms with van der Waals surface area (Å²) in [7, 11) is 0. The third-order valence-electron chi connectivity index (χ3n) is 7.27. The van der Waals surface area contributed by atoms with Crippen molar-refractivity contribution in [3.8, 4) is 12.3 Å². The summed E-state index contributed by atoms with van der Waals surface area (Å²) in [6.45, 7) is 5.84. The quantitative estimate of drug-likeness (QED) is 0.0730. The van der Waals surface area contributed by atoms with Crippen LogP contribution in [0.15, 0.2) is 37.4 Å². The molecule has 2 aromatic heterocycles. The van der Waals surface area contributed by atoms with Crippen molar-refractivity contribution in [2.75, 3.05) is 46.1 Å². The van der Waals surface area contributed by atoms with Gasteiger partial charge in [0, 0.05) is 44.9 Å². The molecule has 0 fully saturated rings. The van der Waals surface area contributed by atoms with Crippen LogP contribution in [0.1, 0.15) is 52.9 Å². The Bertz CT molecular complexity index is 1290. The zero-order valence-electron chi connectivity index (χ0n) is 27.7. The van der Waals surface area contributed by atoms with Gasteiger partial charge in [-0.3, -0.25) is 9.59 Å². The molecular formula is C32H49N6O9+. The summed E-state index contributed by atoms with van der Waals surface area (Å²) in [4.78, 5) is 54.4. The van der Waals surface area contributed by atoms with E-state index in [2.05, 4.69) is 33.0 Å². The highest BCUT2D eigenvalue weighted by Crippen LogP contribution is 2.21. The van der Waals surface area contributed by atoms with Crippen LogP contribution >= 0.6 is 0 Å². The van der Waals surface area contributed by atoms with Crippen LogP contribution in [-0.4, -0.2) is 89.5 Å². The van der Waals surface area contributed by atoms with E-state index < -0.39 is 61.4 Å². The number of hydrogen-bond donors (Lipinski definition) is 3. The van der Waals surface area contributed by atoms with Gasteiger partial charge in [-0.1, -0.05) is 13.3 Å². The number of imidazole rings is 2. The number of aromatic nitrogens is 4. The summed E-state index contributed by atoms with van der Waals surface area (Å²) in [5.41, 5.74) is -2.94. The van der Waals surface area contributed by atoms with Gasteiger partial charge in [0.15, 0.2) is 0 Å². The molecule has 3 N–H and O–H groups in total. The van der Waals surface area contributed by atoms with Crippen LogP contribution < -0.4 is 15.2 Å². The monoisotopic (exact) mass is 661 g/mol. The van der Waals surface area contributed by atoms with Crippen molar-refractivity contribution >= 4 is 24.1 Å². The molecule has 2 rings (SSSR count). The fourth-order valence-electron chi connectivity index (χ4n) is 4.10. The van der Waals surface area contributed by atoms with Gasteiger partial charge in [-0.05, 0) is 26.7 Å². The lowest BCUT2D eigenvalue weighted by atomic mass is 9.91. The van der Waals surface area contributed by atoms with Gasteiger partial charge >= 0.3 is 12.3 Å². The highest BCUT2D eigenvalue weighted by atomic mass is 16.7. The Labute approximate surface area is 275 Å². The molecule has 0 saturated carbocycles. The first kappa shape index (κ1) is 38.6. The molecule has 0 spiro atoms. The largest absolute Gasteiger partial charge is 0.508 e. The molecule has 260 valence electrons. The number of aliphatic hydroxyl groups is 1. The summed E-state index contributed by atoms with van der Waals surface area (Å²) < 4.78 is 26.3. The van der Waals surface area contributed by atoms with Crippen molar-refractivity contribution in [1.82, 2.24) is 24.8 Å². The fourth-order valence-corrected chi connectivity index (χ4v) is 4.10. The molecule has 0 aromatic carbocycles. The first-order chi connectivity index (χ1) is 22.5. The van der Waals surface area contributed by atoms with Crippen LogP contribution in [0.25, 0.3) is 0 Å². The van der Waals surface area contributed by atoms with E-state index in [-0.39, 0.29) is 19.6 Å². The molecule has 0 aliphatic rings. The lowest BCUT2D eigenvalue weighted by Gasteiger charge is -2.28. The van der Waals surface area contributed by atoms with Crippen LogP contribution in [0.2, 0.25) is 0 Å². The van der Waals surface area contributed by atoms with Crippen LogP contribution in [0.5, 0.6) is 0 Å². The Hall–Kier alpha value is -4.58. The highest BCUT2D eigenvalue weighted by molar-refractivity contribution is 5.83. The molecule has 0 aliphatic heterocycles. The molecule has 0 aliphatic carbocycles. The third-order valence-corrected chi connectivity index (χ3v) is 7.27. The van der Waals surface area contributed by atoms with E-state index >= 15 is 0 Å².